The fourth-order valence-corrected chi connectivity index (χ4v) is 3.05. The third-order valence-electron chi connectivity index (χ3n) is 4.34. The molecule has 0 unspecified atom stereocenters. The van der Waals surface area contributed by atoms with Crippen LogP contribution < -0.4 is 0 Å². The molecule has 134 valence electrons. The molecule has 28 heavy (non-hydrogen) atoms. The van der Waals surface area contributed by atoms with Crippen molar-refractivity contribution in [3.63, 3.8) is 0 Å². The van der Waals surface area contributed by atoms with Crippen LogP contribution in [-0.2, 0) is 0 Å². The van der Waals surface area contributed by atoms with Gasteiger partial charge in [0.2, 0.25) is 5.76 Å². The van der Waals surface area contributed by atoms with E-state index in [2.05, 4.69) is 26.4 Å². The molecular formula is C20H12N6O2. The van der Waals surface area contributed by atoms with Gasteiger partial charge in [0.05, 0.1) is 17.3 Å². The zero-order chi connectivity index (χ0) is 19.1. The van der Waals surface area contributed by atoms with E-state index in [1.807, 2.05) is 41.8 Å². The van der Waals surface area contributed by atoms with Crippen LogP contribution in [0.2, 0.25) is 0 Å². The van der Waals surface area contributed by atoms with E-state index in [0.717, 1.165) is 22.6 Å². The number of nitriles is 1. The van der Waals surface area contributed by atoms with Crippen LogP contribution in [-0.4, -0.2) is 24.7 Å². The van der Waals surface area contributed by atoms with Gasteiger partial charge in [-0.25, -0.2) is 4.98 Å². The quantitative estimate of drug-likeness (QED) is 0.475. The molecule has 4 aromatic heterocycles. The number of nitrogens with zero attached hydrogens (tertiary/aromatic N) is 6. The number of fused-ring (bicyclic) bond motifs is 1. The Morgan fingerprint density at radius 2 is 1.93 bits per heavy atom. The highest BCUT2D eigenvalue weighted by atomic mass is 16.5. The first-order chi connectivity index (χ1) is 13.7. The van der Waals surface area contributed by atoms with Crippen molar-refractivity contribution in [1.82, 2.24) is 24.7 Å². The summed E-state index contributed by atoms with van der Waals surface area (Å²) in [7, 11) is 0. The average molecular weight is 368 g/mol. The number of pyridine rings is 1. The van der Waals surface area contributed by atoms with Gasteiger partial charge in [0.25, 0.3) is 11.8 Å². The molecule has 0 radical (unpaired) electrons. The average Bonchev–Trinajstić information content (AvgIpc) is 3.45. The number of aromatic nitrogens is 5. The van der Waals surface area contributed by atoms with Gasteiger partial charge in [-0.1, -0.05) is 23.4 Å². The van der Waals surface area contributed by atoms with Crippen molar-refractivity contribution in [2.45, 2.75) is 6.92 Å². The van der Waals surface area contributed by atoms with E-state index in [1.165, 1.54) is 0 Å². The van der Waals surface area contributed by atoms with Gasteiger partial charge in [-0.3, -0.25) is 4.40 Å². The summed E-state index contributed by atoms with van der Waals surface area (Å²) >= 11 is 0. The Morgan fingerprint density at radius 3 is 2.82 bits per heavy atom. The number of rotatable bonds is 3. The van der Waals surface area contributed by atoms with Crippen LogP contribution in [0.5, 0.6) is 0 Å². The molecule has 8 nitrogen and oxygen atoms in total. The van der Waals surface area contributed by atoms with E-state index in [9.17, 15) is 0 Å². The maximum absolute atomic E-state index is 9.05. The summed E-state index contributed by atoms with van der Waals surface area (Å²) in [5.74, 6) is 0.911. The molecule has 5 rings (SSSR count). The van der Waals surface area contributed by atoms with Crippen LogP contribution in [0.25, 0.3) is 40.1 Å². The van der Waals surface area contributed by atoms with E-state index < -0.39 is 0 Å². The second-order valence-electron chi connectivity index (χ2n) is 6.16. The van der Waals surface area contributed by atoms with Gasteiger partial charge in [0.15, 0.2) is 0 Å². The molecule has 0 atom stereocenters. The van der Waals surface area contributed by atoms with Crippen molar-refractivity contribution in [3.05, 3.63) is 66.0 Å². The van der Waals surface area contributed by atoms with Gasteiger partial charge in [0, 0.05) is 17.8 Å². The number of hydrogen-bond donors (Lipinski definition) is 0. The lowest BCUT2D eigenvalue weighted by atomic mass is 10.1. The molecule has 0 bridgehead atoms. The van der Waals surface area contributed by atoms with Crippen molar-refractivity contribution in [2.75, 3.05) is 0 Å². The Labute approximate surface area is 158 Å². The van der Waals surface area contributed by atoms with Crippen LogP contribution in [0.3, 0.4) is 0 Å². The van der Waals surface area contributed by atoms with E-state index in [0.29, 0.717) is 22.9 Å². The number of hydrogen-bond acceptors (Lipinski definition) is 7. The van der Waals surface area contributed by atoms with Crippen molar-refractivity contribution < 1.29 is 8.94 Å². The Hall–Kier alpha value is -4.25. The molecule has 0 aliphatic carbocycles. The summed E-state index contributed by atoms with van der Waals surface area (Å²) in [6, 6.07) is 16.7. The molecular weight excluding hydrogens is 356 g/mol. The molecule has 0 saturated heterocycles. The fraction of sp³-hybridized carbons (Fsp3) is 0.0500. The third kappa shape index (κ3) is 2.54. The lowest BCUT2D eigenvalue weighted by Crippen LogP contribution is -1.88. The highest BCUT2D eigenvalue weighted by Crippen LogP contribution is 2.29. The van der Waals surface area contributed by atoms with Crippen LogP contribution in [0.1, 0.15) is 11.3 Å². The zero-order valence-corrected chi connectivity index (χ0v) is 14.7. The first kappa shape index (κ1) is 16.0. The van der Waals surface area contributed by atoms with Gasteiger partial charge in [-0.2, -0.15) is 5.26 Å². The summed E-state index contributed by atoms with van der Waals surface area (Å²) in [5.41, 5.74) is 4.22. The molecule has 5 aromatic rings. The molecule has 0 fully saturated rings. The number of imidazole rings is 1. The molecule has 0 saturated carbocycles. The lowest BCUT2D eigenvalue weighted by molar-refractivity contribution is 0.418. The van der Waals surface area contributed by atoms with Crippen LogP contribution in [0, 0.1) is 18.3 Å². The molecule has 0 spiro atoms. The summed E-state index contributed by atoms with van der Waals surface area (Å²) in [6.45, 7) is 1.89. The van der Waals surface area contributed by atoms with Gasteiger partial charge < -0.3 is 8.94 Å². The SMILES string of the molecule is Cc1nc2ccccn2c1-c1nnc(-c2cc(-c3cccc(C#N)c3)no2)o1. The second kappa shape index (κ2) is 6.17. The van der Waals surface area contributed by atoms with E-state index >= 15 is 0 Å². The van der Waals surface area contributed by atoms with Crippen LogP contribution in [0.4, 0.5) is 0 Å². The normalized spacial score (nSPS) is 11.0. The van der Waals surface area contributed by atoms with Gasteiger partial charge >= 0.3 is 0 Å². The van der Waals surface area contributed by atoms with Crippen LogP contribution >= 0.6 is 0 Å². The largest absolute Gasteiger partial charge is 0.412 e. The minimum Gasteiger partial charge on any atom is -0.412 e. The first-order valence-corrected chi connectivity index (χ1v) is 8.48. The number of aryl methyl sites for hydroxylation is 1. The number of benzene rings is 1. The second-order valence-corrected chi connectivity index (χ2v) is 6.16. The molecule has 8 heteroatoms. The Balaban J connectivity index is 1.53. The highest BCUT2D eigenvalue weighted by Gasteiger charge is 2.20. The Kier molecular flexibility index (Phi) is 3.52. The monoisotopic (exact) mass is 368 g/mol. The van der Waals surface area contributed by atoms with Crippen molar-refractivity contribution in [2.24, 2.45) is 0 Å². The van der Waals surface area contributed by atoms with Crippen molar-refractivity contribution >= 4 is 5.65 Å². The predicted octanol–water partition coefficient (Wildman–Crippen LogP) is 3.89. The Bertz CT molecular complexity index is 1350. The van der Waals surface area contributed by atoms with Crippen molar-refractivity contribution in [3.8, 4) is 40.6 Å². The molecule has 0 aliphatic heterocycles. The topological polar surface area (TPSA) is 106 Å². The van der Waals surface area contributed by atoms with Gasteiger partial charge in [0.1, 0.15) is 17.0 Å². The highest BCUT2D eigenvalue weighted by molar-refractivity contribution is 5.65. The van der Waals surface area contributed by atoms with E-state index in [1.54, 1.807) is 24.3 Å². The van der Waals surface area contributed by atoms with Crippen molar-refractivity contribution in [1.29, 1.82) is 5.26 Å². The predicted molar refractivity (Wildman–Crippen MR) is 98.9 cm³/mol. The maximum Gasteiger partial charge on any atom is 0.286 e. The molecule has 0 amide bonds. The van der Waals surface area contributed by atoms with E-state index in [-0.39, 0.29) is 5.89 Å². The molecule has 1 aromatic carbocycles. The zero-order valence-electron chi connectivity index (χ0n) is 14.7. The smallest absolute Gasteiger partial charge is 0.286 e. The fourth-order valence-electron chi connectivity index (χ4n) is 3.05. The Morgan fingerprint density at radius 1 is 1.04 bits per heavy atom. The summed E-state index contributed by atoms with van der Waals surface area (Å²) in [4.78, 5) is 4.50. The third-order valence-corrected chi connectivity index (χ3v) is 4.34. The molecule has 4 heterocycles. The maximum atomic E-state index is 9.05. The molecule has 0 N–H and O–H groups in total. The summed E-state index contributed by atoms with van der Waals surface area (Å²) in [5, 5.41) is 21.3. The lowest BCUT2D eigenvalue weighted by Gasteiger charge is -1.96. The molecule has 0 aliphatic rings. The summed E-state index contributed by atoms with van der Waals surface area (Å²) < 4.78 is 13.1. The minimum atomic E-state index is 0.218. The van der Waals surface area contributed by atoms with Gasteiger partial charge in [-0.05, 0) is 31.2 Å². The van der Waals surface area contributed by atoms with E-state index in [4.69, 9.17) is 14.2 Å². The van der Waals surface area contributed by atoms with Crippen LogP contribution in [0.15, 0.2) is 63.7 Å². The standard InChI is InChI=1S/C20H12N6O2/c1-12-18(26-8-3-2-7-17(26)22-12)20-24-23-19(27-20)16-10-15(25-28-16)14-6-4-5-13(9-14)11-21/h2-10H,1H3. The minimum absolute atomic E-state index is 0.218. The first-order valence-electron chi connectivity index (χ1n) is 8.48. The summed E-state index contributed by atoms with van der Waals surface area (Å²) in [6.07, 6.45) is 1.89. The van der Waals surface area contributed by atoms with Gasteiger partial charge in [-0.15, -0.1) is 10.2 Å².